The summed E-state index contributed by atoms with van der Waals surface area (Å²) in [7, 11) is 0. The molecule has 35 heavy (non-hydrogen) atoms. The normalized spacial score (nSPS) is 20.7. The van der Waals surface area contributed by atoms with Crippen LogP contribution in [-0.4, -0.2) is 102 Å². The average molecular weight is 497 g/mol. The lowest BCUT2D eigenvalue weighted by molar-refractivity contribution is -0.159. The van der Waals surface area contributed by atoms with Gasteiger partial charge in [-0.05, 0) is 25.7 Å². The van der Waals surface area contributed by atoms with Gasteiger partial charge in [-0.15, -0.1) is 0 Å². The highest BCUT2D eigenvalue weighted by atomic mass is 16.6. The summed E-state index contributed by atoms with van der Waals surface area (Å²) >= 11 is 0. The van der Waals surface area contributed by atoms with Crippen molar-refractivity contribution in [2.45, 2.75) is 45.8 Å². The molecule has 0 spiro atoms. The molecule has 2 saturated heterocycles. The predicted molar refractivity (Wildman–Crippen MR) is 126 cm³/mol. The van der Waals surface area contributed by atoms with Gasteiger partial charge in [-0.2, -0.15) is 0 Å². The van der Waals surface area contributed by atoms with Gasteiger partial charge in [0.2, 0.25) is 17.7 Å². The molecule has 2 aliphatic rings. The Balaban J connectivity index is 2.01. The number of aliphatic imine (C=N–C) groups is 1. The molecule has 14 nitrogen and oxygen atoms in total. The summed E-state index contributed by atoms with van der Waals surface area (Å²) in [5.41, 5.74) is 15.7. The largest absolute Gasteiger partial charge is 0.446 e. The minimum Gasteiger partial charge on any atom is -0.446 e. The Morgan fingerprint density at radius 2 is 1.66 bits per heavy atom. The highest BCUT2D eigenvalue weighted by molar-refractivity contribution is 6.09. The number of piperazine rings is 1. The number of β-lactam (4-membered cyclic amide) rings is 1. The van der Waals surface area contributed by atoms with Crippen LogP contribution in [0.15, 0.2) is 4.99 Å². The Morgan fingerprint density at radius 3 is 2.20 bits per heavy atom. The van der Waals surface area contributed by atoms with Crippen LogP contribution in [0.3, 0.4) is 0 Å². The molecule has 6 amide bonds. The SMILES string of the molecule is CC(C)C(C)OC(=O)N1CCN(C(=O)N2C(=O)[C@H](CCCN=C(N)N)C2C(=O)NCC(N)=O)CC1. The van der Waals surface area contributed by atoms with Gasteiger partial charge < -0.3 is 37.1 Å². The molecule has 0 radical (unpaired) electrons. The van der Waals surface area contributed by atoms with Crippen LogP contribution in [0.2, 0.25) is 0 Å². The minimum atomic E-state index is -1.08. The van der Waals surface area contributed by atoms with Crippen LogP contribution < -0.4 is 22.5 Å². The third-order valence-corrected chi connectivity index (χ3v) is 6.13. The highest BCUT2D eigenvalue weighted by Gasteiger charge is 2.55. The number of likely N-dealkylation sites (tertiary alicyclic amines) is 1. The fraction of sp³-hybridized carbons (Fsp3) is 0.714. The van der Waals surface area contributed by atoms with E-state index in [4.69, 9.17) is 21.9 Å². The molecule has 2 fully saturated rings. The molecule has 2 heterocycles. The van der Waals surface area contributed by atoms with Gasteiger partial charge in [0.15, 0.2) is 5.96 Å². The maximum Gasteiger partial charge on any atom is 0.410 e. The lowest BCUT2D eigenvalue weighted by Crippen LogP contribution is -2.71. The molecule has 0 bridgehead atoms. The lowest BCUT2D eigenvalue weighted by atomic mass is 9.83. The van der Waals surface area contributed by atoms with Gasteiger partial charge >= 0.3 is 12.1 Å². The van der Waals surface area contributed by atoms with E-state index in [-0.39, 0.29) is 57.1 Å². The summed E-state index contributed by atoms with van der Waals surface area (Å²) in [4.78, 5) is 69.7. The molecule has 2 unspecified atom stereocenters. The number of carbonyl (C=O) groups excluding carboxylic acids is 5. The number of imide groups is 1. The number of hydrogen-bond acceptors (Lipinski definition) is 7. The van der Waals surface area contributed by atoms with Crippen LogP contribution in [0.5, 0.6) is 0 Å². The second-order valence-electron chi connectivity index (χ2n) is 8.98. The second-order valence-corrected chi connectivity index (χ2v) is 8.98. The first-order valence-corrected chi connectivity index (χ1v) is 11.6. The highest BCUT2D eigenvalue weighted by Crippen LogP contribution is 2.32. The van der Waals surface area contributed by atoms with Gasteiger partial charge in [0.1, 0.15) is 12.1 Å². The van der Waals surface area contributed by atoms with E-state index < -0.39 is 48.4 Å². The topological polar surface area (TPSA) is 207 Å². The van der Waals surface area contributed by atoms with E-state index in [1.165, 1.54) is 9.80 Å². The van der Waals surface area contributed by atoms with Crippen LogP contribution >= 0.6 is 0 Å². The molecule has 0 aromatic heterocycles. The average Bonchev–Trinajstić information content (AvgIpc) is 2.80. The van der Waals surface area contributed by atoms with Gasteiger partial charge in [-0.3, -0.25) is 24.3 Å². The molecule has 7 N–H and O–H groups in total. The fourth-order valence-corrected chi connectivity index (χ4v) is 3.74. The summed E-state index contributed by atoms with van der Waals surface area (Å²) in [6.45, 7) is 6.39. The molecule has 2 rings (SSSR count). The number of guanidine groups is 1. The van der Waals surface area contributed by atoms with Gasteiger partial charge in [0.25, 0.3) is 0 Å². The Labute approximate surface area is 204 Å². The Bertz CT molecular complexity index is 851. The number of primary amides is 1. The second kappa shape index (κ2) is 12.2. The van der Waals surface area contributed by atoms with Crippen LogP contribution in [0, 0.1) is 11.8 Å². The van der Waals surface area contributed by atoms with E-state index in [2.05, 4.69) is 10.3 Å². The van der Waals surface area contributed by atoms with Crippen LogP contribution in [0.4, 0.5) is 9.59 Å². The summed E-state index contributed by atoms with van der Waals surface area (Å²) in [5, 5.41) is 2.37. The first kappa shape index (κ1) is 27.7. The molecule has 0 aromatic carbocycles. The molecular weight excluding hydrogens is 460 g/mol. The first-order valence-electron chi connectivity index (χ1n) is 11.6. The van der Waals surface area contributed by atoms with Gasteiger partial charge in [-0.1, -0.05) is 13.8 Å². The molecular formula is C21H36N8O6. The summed E-state index contributed by atoms with van der Waals surface area (Å²) in [5.74, 6) is -2.56. The summed E-state index contributed by atoms with van der Waals surface area (Å²) in [6.07, 6.45) is 0.0000699. The van der Waals surface area contributed by atoms with Crippen molar-refractivity contribution in [1.82, 2.24) is 20.0 Å². The molecule has 2 aliphatic heterocycles. The van der Waals surface area contributed by atoms with Gasteiger partial charge in [-0.25, -0.2) is 9.59 Å². The molecule has 0 aliphatic carbocycles. The minimum absolute atomic E-state index is 0.0841. The third-order valence-electron chi connectivity index (χ3n) is 6.13. The predicted octanol–water partition coefficient (Wildman–Crippen LogP) is -1.61. The smallest absolute Gasteiger partial charge is 0.410 e. The Hall–Kier alpha value is -3.58. The van der Waals surface area contributed by atoms with E-state index in [0.29, 0.717) is 6.42 Å². The molecule has 14 heteroatoms. The Morgan fingerprint density at radius 1 is 1.06 bits per heavy atom. The van der Waals surface area contributed by atoms with Crippen LogP contribution in [0.1, 0.15) is 33.6 Å². The first-order chi connectivity index (χ1) is 16.4. The number of ether oxygens (including phenoxy) is 1. The zero-order chi connectivity index (χ0) is 26.3. The van der Waals surface area contributed by atoms with Crippen molar-refractivity contribution in [3.8, 4) is 0 Å². The van der Waals surface area contributed by atoms with Crippen molar-refractivity contribution in [3.05, 3.63) is 0 Å². The summed E-state index contributed by atoms with van der Waals surface area (Å²) < 4.78 is 5.42. The molecule has 196 valence electrons. The zero-order valence-electron chi connectivity index (χ0n) is 20.4. The maximum absolute atomic E-state index is 13.1. The number of nitrogens with two attached hydrogens (primary N) is 3. The van der Waals surface area contributed by atoms with E-state index >= 15 is 0 Å². The van der Waals surface area contributed by atoms with Crippen molar-refractivity contribution in [2.24, 2.45) is 34.0 Å². The third kappa shape index (κ3) is 7.20. The number of carbonyl (C=O) groups is 5. The van der Waals surface area contributed by atoms with Gasteiger partial charge in [0.05, 0.1) is 12.5 Å². The number of amides is 6. The zero-order valence-corrected chi connectivity index (χ0v) is 20.4. The van der Waals surface area contributed by atoms with E-state index in [0.717, 1.165) is 4.90 Å². The van der Waals surface area contributed by atoms with Crippen molar-refractivity contribution in [1.29, 1.82) is 0 Å². The van der Waals surface area contributed by atoms with Crippen molar-refractivity contribution < 1.29 is 28.7 Å². The van der Waals surface area contributed by atoms with Crippen molar-refractivity contribution in [2.75, 3.05) is 39.3 Å². The standard InChI is InChI=1S/C21H36N8O6/c1-12(2)13(3)35-21(34)28-9-7-27(8-10-28)20(33)29-16(17(31)26-11-15(22)30)14(18(29)32)5-4-6-25-19(23)24/h12-14,16H,4-11H2,1-3H3,(H2,22,30)(H,26,31)(H4,23,24,25)/t13?,14-,16?/m1/s1. The fourth-order valence-electron chi connectivity index (χ4n) is 3.74. The number of hydrogen-bond donors (Lipinski definition) is 4. The van der Waals surface area contributed by atoms with E-state index in [1.807, 2.05) is 20.8 Å². The number of nitrogens with zero attached hydrogens (tertiary/aromatic N) is 4. The van der Waals surface area contributed by atoms with Crippen molar-refractivity contribution >= 4 is 35.8 Å². The molecule has 3 atom stereocenters. The summed E-state index contributed by atoms with van der Waals surface area (Å²) in [6, 6.07) is -1.71. The maximum atomic E-state index is 13.1. The number of rotatable bonds is 9. The number of nitrogens with one attached hydrogen (secondary N) is 1. The van der Waals surface area contributed by atoms with Crippen molar-refractivity contribution in [3.63, 3.8) is 0 Å². The lowest BCUT2D eigenvalue weighted by Gasteiger charge is -2.47. The van der Waals surface area contributed by atoms with Crippen LogP contribution in [0.25, 0.3) is 0 Å². The quantitative estimate of drug-likeness (QED) is 0.126. The van der Waals surface area contributed by atoms with Gasteiger partial charge in [0, 0.05) is 32.7 Å². The molecule has 0 saturated carbocycles. The van der Waals surface area contributed by atoms with E-state index in [1.54, 1.807) is 0 Å². The monoisotopic (exact) mass is 496 g/mol. The Kier molecular flexibility index (Phi) is 9.66. The number of urea groups is 1. The molecule has 0 aromatic rings. The van der Waals surface area contributed by atoms with E-state index in [9.17, 15) is 24.0 Å². The van der Waals surface area contributed by atoms with Crippen LogP contribution in [-0.2, 0) is 19.1 Å².